The summed E-state index contributed by atoms with van der Waals surface area (Å²) in [6.07, 6.45) is 2.37. The molecule has 0 aliphatic carbocycles. The number of aromatic nitrogens is 2. The van der Waals surface area contributed by atoms with Crippen molar-refractivity contribution in [3.63, 3.8) is 0 Å². The largest absolute Gasteiger partial charge is 0.465 e. The van der Waals surface area contributed by atoms with Gasteiger partial charge in [0.15, 0.2) is 5.82 Å². The SMILES string of the molecule is COC(=O)c1ccc(C(=O)Nc2ccc(-c3ccc(N4CCC(C)CC4)nn3)cc2)cc1. The summed E-state index contributed by atoms with van der Waals surface area (Å²) < 4.78 is 4.67. The number of methoxy groups -OCH3 is 1. The van der Waals surface area contributed by atoms with Gasteiger partial charge in [0.25, 0.3) is 5.91 Å². The van der Waals surface area contributed by atoms with Crippen molar-refractivity contribution in [2.45, 2.75) is 19.8 Å². The minimum Gasteiger partial charge on any atom is -0.465 e. The zero-order valence-electron chi connectivity index (χ0n) is 18.2. The van der Waals surface area contributed by atoms with Crippen LogP contribution in [-0.2, 0) is 4.74 Å². The van der Waals surface area contributed by atoms with Gasteiger partial charge in [0.05, 0.1) is 18.4 Å². The van der Waals surface area contributed by atoms with E-state index in [2.05, 4.69) is 32.1 Å². The van der Waals surface area contributed by atoms with Gasteiger partial charge in [0, 0.05) is 29.9 Å². The Labute approximate surface area is 187 Å². The van der Waals surface area contributed by atoms with Gasteiger partial charge in [-0.1, -0.05) is 19.1 Å². The molecule has 1 aromatic heterocycles. The summed E-state index contributed by atoms with van der Waals surface area (Å²) in [6.45, 7) is 4.34. The Morgan fingerprint density at radius 1 is 0.906 bits per heavy atom. The lowest BCUT2D eigenvalue weighted by molar-refractivity contribution is 0.0600. The molecule has 1 fully saturated rings. The second kappa shape index (κ2) is 9.60. The van der Waals surface area contributed by atoms with Crippen LogP contribution in [0.1, 0.15) is 40.5 Å². The Balaban J connectivity index is 1.38. The molecule has 2 aromatic carbocycles. The highest BCUT2D eigenvalue weighted by molar-refractivity contribution is 6.04. The van der Waals surface area contributed by atoms with Crippen LogP contribution in [0.5, 0.6) is 0 Å². The average Bonchev–Trinajstić information content (AvgIpc) is 2.85. The number of ether oxygens (including phenoxy) is 1. The Morgan fingerprint density at radius 3 is 2.16 bits per heavy atom. The number of carbonyl (C=O) groups excluding carboxylic acids is 2. The van der Waals surface area contributed by atoms with E-state index < -0.39 is 5.97 Å². The van der Waals surface area contributed by atoms with Gasteiger partial charge in [-0.15, -0.1) is 10.2 Å². The number of piperidine rings is 1. The number of benzene rings is 2. The van der Waals surface area contributed by atoms with E-state index in [1.54, 1.807) is 24.3 Å². The molecule has 32 heavy (non-hydrogen) atoms. The molecule has 1 aliphatic rings. The molecule has 0 atom stereocenters. The number of nitrogens with zero attached hydrogens (tertiary/aromatic N) is 3. The summed E-state index contributed by atoms with van der Waals surface area (Å²) >= 11 is 0. The lowest BCUT2D eigenvalue weighted by Crippen LogP contribution is -2.33. The number of nitrogens with one attached hydrogen (secondary N) is 1. The number of amides is 1. The lowest BCUT2D eigenvalue weighted by atomic mass is 9.99. The standard InChI is InChI=1S/C25H26N4O3/c1-17-13-15-29(16-14-17)23-12-11-22(27-28-23)18-7-9-21(10-8-18)26-24(30)19-3-5-20(6-4-19)25(31)32-2/h3-12,17H,13-16H2,1-2H3,(H,26,30). The van der Waals surface area contributed by atoms with Crippen LogP contribution in [-0.4, -0.2) is 42.3 Å². The maximum absolute atomic E-state index is 12.5. The first-order chi connectivity index (χ1) is 15.5. The van der Waals surface area contributed by atoms with Gasteiger partial charge in [0.1, 0.15) is 0 Å². The summed E-state index contributed by atoms with van der Waals surface area (Å²) in [5.74, 6) is 1.00. The molecule has 0 spiro atoms. The maximum Gasteiger partial charge on any atom is 0.337 e. The van der Waals surface area contributed by atoms with Gasteiger partial charge in [0.2, 0.25) is 0 Å². The zero-order chi connectivity index (χ0) is 22.5. The molecule has 7 heteroatoms. The van der Waals surface area contributed by atoms with E-state index in [9.17, 15) is 9.59 Å². The molecule has 4 rings (SSSR count). The quantitative estimate of drug-likeness (QED) is 0.603. The maximum atomic E-state index is 12.5. The fraction of sp³-hybridized carbons (Fsp3) is 0.280. The van der Waals surface area contributed by atoms with E-state index >= 15 is 0 Å². The first-order valence-electron chi connectivity index (χ1n) is 10.7. The monoisotopic (exact) mass is 430 g/mol. The first kappa shape index (κ1) is 21.5. The molecule has 2 heterocycles. The van der Waals surface area contributed by atoms with Crippen molar-refractivity contribution in [3.05, 3.63) is 71.8 Å². The van der Waals surface area contributed by atoms with Gasteiger partial charge < -0.3 is 15.0 Å². The topological polar surface area (TPSA) is 84.4 Å². The first-order valence-corrected chi connectivity index (χ1v) is 10.7. The predicted octanol–water partition coefficient (Wildman–Crippen LogP) is 4.42. The number of anilines is 2. The predicted molar refractivity (Wildman–Crippen MR) is 124 cm³/mol. The van der Waals surface area contributed by atoms with Crippen molar-refractivity contribution in [1.29, 1.82) is 0 Å². The van der Waals surface area contributed by atoms with E-state index in [-0.39, 0.29) is 5.91 Å². The van der Waals surface area contributed by atoms with Gasteiger partial charge >= 0.3 is 5.97 Å². The second-order valence-electron chi connectivity index (χ2n) is 8.05. The Hall–Kier alpha value is -3.74. The van der Waals surface area contributed by atoms with Crippen LogP contribution >= 0.6 is 0 Å². The third-order valence-corrected chi connectivity index (χ3v) is 5.76. The minimum absolute atomic E-state index is 0.255. The smallest absolute Gasteiger partial charge is 0.337 e. The zero-order valence-corrected chi connectivity index (χ0v) is 18.2. The number of esters is 1. The number of hydrogen-bond donors (Lipinski definition) is 1. The molecule has 7 nitrogen and oxygen atoms in total. The molecule has 0 bridgehead atoms. The summed E-state index contributed by atoms with van der Waals surface area (Å²) in [4.78, 5) is 26.3. The average molecular weight is 431 g/mol. The van der Waals surface area contributed by atoms with Gasteiger partial charge in [-0.05, 0) is 67.3 Å². The van der Waals surface area contributed by atoms with Crippen LogP contribution in [0.4, 0.5) is 11.5 Å². The molecule has 1 saturated heterocycles. The summed E-state index contributed by atoms with van der Waals surface area (Å²) in [5, 5.41) is 11.7. The second-order valence-corrected chi connectivity index (χ2v) is 8.05. The molecule has 0 radical (unpaired) electrons. The number of rotatable bonds is 5. The molecule has 0 unspecified atom stereocenters. The van der Waals surface area contributed by atoms with Crippen LogP contribution in [0, 0.1) is 5.92 Å². The van der Waals surface area contributed by atoms with Crippen LogP contribution in [0.15, 0.2) is 60.7 Å². The van der Waals surface area contributed by atoms with Crippen LogP contribution in [0.2, 0.25) is 0 Å². The summed E-state index contributed by atoms with van der Waals surface area (Å²) in [7, 11) is 1.32. The third kappa shape index (κ3) is 4.94. The molecule has 164 valence electrons. The normalized spacial score (nSPS) is 14.1. The molecular formula is C25H26N4O3. The molecule has 0 saturated carbocycles. The molecule has 1 aliphatic heterocycles. The third-order valence-electron chi connectivity index (χ3n) is 5.76. The molecule has 1 N–H and O–H groups in total. The Bertz CT molecular complexity index is 1070. The highest BCUT2D eigenvalue weighted by Crippen LogP contribution is 2.24. The molecule has 1 amide bonds. The van der Waals surface area contributed by atoms with Crippen molar-refractivity contribution in [1.82, 2.24) is 10.2 Å². The number of carbonyl (C=O) groups is 2. The summed E-state index contributed by atoms with van der Waals surface area (Å²) in [6, 6.07) is 17.8. The Morgan fingerprint density at radius 2 is 1.56 bits per heavy atom. The number of hydrogen-bond acceptors (Lipinski definition) is 6. The minimum atomic E-state index is -0.436. The van der Waals surface area contributed by atoms with Crippen molar-refractivity contribution in [2.24, 2.45) is 5.92 Å². The van der Waals surface area contributed by atoms with Crippen LogP contribution in [0.25, 0.3) is 11.3 Å². The van der Waals surface area contributed by atoms with Gasteiger partial charge in [-0.2, -0.15) is 0 Å². The molecule has 3 aromatic rings. The fourth-order valence-corrected chi connectivity index (χ4v) is 3.69. The fourth-order valence-electron chi connectivity index (χ4n) is 3.69. The Kier molecular flexibility index (Phi) is 6.44. The van der Waals surface area contributed by atoms with Crippen molar-refractivity contribution >= 4 is 23.4 Å². The van der Waals surface area contributed by atoms with E-state index in [0.717, 1.165) is 36.1 Å². The van der Waals surface area contributed by atoms with E-state index in [0.29, 0.717) is 16.8 Å². The van der Waals surface area contributed by atoms with Crippen LogP contribution < -0.4 is 10.2 Å². The van der Waals surface area contributed by atoms with Gasteiger partial charge in [-0.25, -0.2) is 4.79 Å². The lowest BCUT2D eigenvalue weighted by Gasteiger charge is -2.30. The van der Waals surface area contributed by atoms with Crippen molar-refractivity contribution in [3.8, 4) is 11.3 Å². The highest BCUT2D eigenvalue weighted by atomic mass is 16.5. The van der Waals surface area contributed by atoms with E-state index in [1.165, 1.54) is 20.0 Å². The van der Waals surface area contributed by atoms with Crippen molar-refractivity contribution in [2.75, 3.05) is 30.4 Å². The molecular weight excluding hydrogens is 404 g/mol. The summed E-state index contributed by atoms with van der Waals surface area (Å²) in [5.41, 5.74) is 3.24. The van der Waals surface area contributed by atoms with Gasteiger partial charge in [-0.3, -0.25) is 4.79 Å². The van der Waals surface area contributed by atoms with Crippen molar-refractivity contribution < 1.29 is 14.3 Å². The van der Waals surface area contributed by atoms with E-state index in [4.69, 9.17) is 0 Å². The highest BCUT2D eigenvalue weighted by Gasteiger charge is 2.17. The van der Waals surface area contributed by atoms with Crippen LogP contribution in [0.3, 0.4) is 0 Å². The van der Waals surface area contributed by atoms with E-state index in [1.807, 2.05) is 36.4 Å².